The third kappa shape index (κ3) is 4.34. The number of thiazole rings is 1. The molecule has 0 radical (unpaired) electrons. The third-order valence-corrected chi connectivity index (χ3v) is 6.44. The summed E-state index contributed by atoms with van der Waals surface area (Å²) in [4.78, 5) is 22.2. The van der Waals surface area contributed by atoms with E-state index in [1.54, 1.807) is 27.0 Å². The van der Waals surface area contributed by atoms with Crippen molar-refractivity contribution < 1.29 is 9.53 Å². The molecule has 0 atom stereocenters. The first-order valence-corrected chi connectivity index (χ1v) is 10.9. The molecule has 1 aliphatic rings. The molecule has 3 heterocycles. The maximum absolute atomic E-state index is 13.3. The highest BCUT2D eigenvalue weighted by atomic mass is 32.1. The number of aryl methyl sites for hydroxylation is 3. The van der Waals surface area contributed by atoms with Gasteiger partial charge in [0.25, 0.3) is 5.91 Å². The fourth-order valence-corrected chi connectivity index (χ4v) is 4.49. The molecule has 1 fully saturated rings. The van der Waals surface area contributed by atoms with E-state index in [4.69, 9.17) is 9.72 Å². The van der Waals surface area contributed by atoms with Crippen LogP contribution in [0.2, 0.25) is 0 Å². The minimum absolute atomic E-state index is 0.0991. The molecule has 8 heteroatoms. The molecule has 0 N–H and O–H groups in total. The van der Waals surface area contributed by atoms with E-state index in [9.17, 15) is 4.79 Å². The van der Waals surface area contributed by atoms with Crippen molar-refractivity contribution in [1.29, 1.82) is 0 Å². The van der Waals surface area contributed by atoms with Gasteiger partial charge in [0.2, 0.25) is 0 Å². The Labute approximate surface area is 174 Å². The predicted octanol–water partition coefficient (Wildman–Crippen LogP) is 3.11. The molecule has 4 rings (SSSR count). The average Bonchev–Trinajstić information content (AvgIpc) is 3.36. The van der Waals surface area contributed by atoms with E-state index in [1.807, 2.05) is 13.1 Å². The van der Waals surface area contributed by atoms with Crippen LogP contribution in [-0.2, 0) is 11.3 Å². The summed E-state index contributed by atoms with van der Waals surface area (Å²) in [5, 5.41) is 5.15. The number of hydrogen-bond donors (Lipinski definition) is 0. The lowest BCUT2D eigenvalue weighted by molar-refractivity contribution is 0.0391. The van der Waals surface area contributed by atoms with Gasteiger partial charge in [-0.05, 0) is 50.1 Å². The summed E-state index contributed by atoms with van der Waals surface area (Å²) in [5.74, 6) is -0.0991. The molecular formula is C21H27N5O2S. The molecule has 154 valence electrons. The second-order valence-electron chi connectivity index (χ2n) is 7.37. The van der Waals surface area contributed by atoms with Crippen molar-refractivity contribution in [2.45, 2.75) is 27.3 Å². The minimum Gasteiger partial charge on any atom is -0.379 e. The van der Waals surface area contributed by atoms with E-state index in [-0.39, 0.29) is 5.91 Å². The van der Waals surface area contributed by atoms with Gasteiger partial charge in [0.05, 0.1) is 23.4 Å². The SMILES string of the molecule is CCn1ccc(C(=O)N(CCN2CCOCC2)c2nc3cc(C)c(C)cc3s2)n1. The first kappa shape index (κ1) is 20.0. The van der Waals surface area contributed by atoms with Crippen LogP contribution in [0.4, 0.5) is 5.13 Å². The molecule has 0 aliphatic carbocycles. The quantitative estimate of drug-likeness (QED) is 0.621. The van der Waals surface area contributed by atoms with Gasteiger partial charge < -0.3 is 4.74 Å². The van der Waals surface area contributed by atoms with Crippen molar-refractivity contribution >= 4 is 32.6 Å². The van der Waals surface area contributed by atoms with Gasteiger partial charge in [0.15, 0.2) is 10.8 Å². The lowest BCUT2D eigenvalue weighted by Crippen LogP contribution is -2.43. The Kier molecular flexibility index (Phi) is 5.94. The Morgan fingerprint density at radius 2 is 2.00 bits per heavy atom. The van der Waals surface area contributed by atoms with E-state index in [0.29, 0.717) is 12.2 Å². The van der Waals surface area contributed by atoms with Crippen LogP contribution in [0, 0.1) is 13.8 Å². The normalized spacial score (nSPS) is 15.1. The number of amides is 1. The smallest absolute Gasteiger partial charge is 0.280 e. The number of carbonyl (C=O) groups is 1. The molecule has 0 bridgehead atoms. The van der Waals surface area contributed by atoms with Gasteiger partial charge in [-0.2, -0.15) is 5.10 Å². The van der Waals surface area contributed by atoms with Crippen molar-refractivity contribution in [2.24, 2.45) is 0 Å². The molecule has 1 aliphatic heterocycles. The van der Waals surface area contributed by atoms with Gasteiger partial charge in [-0.15, -0.1) is 0 Å². The van der Waals surface area contributed by atoms with Gasteiger partial charge in [-0.1, -0.05) is 11.3 Å². The lowest BCUT2D eigenvalue weighted by atomic mass is 10.1. The fraction of sp³-hybridized carbons (Fsp3) is 0.476. The maximum atomic E-state index is 13.3. The van der Waals surface area contributed by atoms with Crippen LogP contribution in [0.15, 0.2) is 24.4 Å². The number of aromatic nitrogens is 3. The van der Waals surface area contributed by atoms with Gasteiger partial charge in [-0.25, -0.2) is 4.98 Å². The molecule has 0 saturated carbocycles. The van der Waals surface area contributed by atoms with E-state index < -0.39 is 0 Å². The molecule has 29 heavy (non-hydrogen) atoms. The van der Waals surface area contributed by atoms with E-state index >= 15 is 0 Å². The second-order valence-corrected chi connectivity index (χ2v) is 8.38. The summed E-state index contributed by atoms with van der Waals surface area (Å²) in [7, 11) is 0. The topological polar surface area (TPSA) is 63.5 Å². The van der Waals surface area contributed by atoms with Crippen molar-refractivity contribution in [1.82, 2.24) is 19.7 Å². The lowest BCUT2D eigenvalue weighted by Gasteiger charge is -2.29. The Hall–Kier alpha value is -2.29. The van der Waals surface area contributed by atoms with Crippen LogP contribution in [-0.4, -0.2) is 65.0 Å². The Bertz CT molecular complexity index is 967. The number of fused-ring (bicyclic) bond motifs is 1. The van der Waals surface area contributed by atoms with Gasteiger partial charge in [-0.3, -0.25) is 19.3 Å². The number of rotatable bonds is 6. The summed E-state index contributed by atoms with van der Waals surface area (Å²) in [5.41, 5.74) is 3.85. The number of benzene rings is 1. The molecule has 0 spiro atoms. The molecule has 1 amide bonds. The zero-order chi connectivity index (χ0) is 20.4. The number of nitrogens with zero attached hydrogens (tertiary/aromatic N) is 5. The van der Waals surface area contributed by atoms with Gasteiger partial charge in [0.1, 0.15) is 0 Å². The molecule has 1 aromatic carbocycles. The molecule has 0 unspecified atom stereocenters. The van der Waals surface area contributed by atoms with Crippen molar-refractivity contribution in [3.63, 3.8) is 0 Å². The number of carbonyl (C=O) groups excluding carboxylic acids is 1. The molecule has 2 aromatic heterocycles. The Morgan fingerprint density at radius 1 is 1.24 bits per heavy atom. The predicted molar refractivity (Wildman–Crippen MR) is 116 cm³/mol. The summed E-state index contributed by atoms with van der Waals surface area (Å²) in [6.45, 7) is 11.6. The summed E-state index contributed by atoms with van der Waals surface area (Å²) >= 11 is 1.57. The second kappa shape index (κ2) is 8.61. The number of anilines is 1. The van der Waals surface area contributed by atoms with Crippen molar-refractivity contribution in [2.75, 3.05) is 44.3 Å². The number of hydrogen-bond acceptors (Lipinski definition) is 6. The summed E-state index contributed by atoms with van der Waals surface area (Å²) in [6.07, 6.45) is 1.85. The molecule has 1 saturated heterocycles. The molecule has 7 nitrogen and oxygen atoms in total. The highest BCUT2D eigenvalue weighted by Crippen LogP contribution is 2.31. The minimum atomic E-state index is -0.0991. The largest absolute Gasteiger partial charge is 0.379 e. The van der Waals surface area contributed by atoms with Crippen molar-refractivity contribution in [3.05, 3.63) is 41.2 Å². The van der Waals surface area contributed by atoms with E-state index in [2.05, 4.69) is 36.0 Å². The monoisotopic (exact) mass is 413 g/mol. The first-order valence-electron chi connectivity index (χ1n) is 10.1. The standard InChI is InChI=1S/C21H27N5O2S/c1-4-25-6-5-17(23-25)20(27)26(8-7-24-9-11-28-12-10-24)21-22-18-13-15(2)16(3)14-19(18)29-21/h5-6,13-14H,4,7-12H2,1-3H3. The average molecular weight is 414 g/mol. The maximum Gasteiger partial charge on any atom is 0.280 e. The first-order chi connectivity index (χ1) is 14.0. The van der Waals surface area contributed by atoms with Crippen LogP contribution >= 0.6 is 11.3 Å². The molecular weight excluding hydrogens is 386 g/mol. The fourth-order valence-electron chi connectivity index (χ4n) is 3.42. The van der Waals surface area contributed by atoms with Crippen LogP contribution < -0.4 is 4.90 Å². The van der Waals surface area contributed by atoms with Crippen LogP contribution in [0.5, 0.6) is 0 Å². The Balaban J connectivity index is 1.63. The van der Waals surface area contributed by atoms with Crippen molar-refractivity contribution in [3.8, 4) is 0 Å². The van der Waals surface area contributed by atoms with Gasteiger partial charge in [0, 0.05) is 38.9 Å². The van der Waals surface area contributed by atoms with Crippen LogP contribution in [0.25, 0.3) is 10.2 Å². The van der Waals surface area contributed by atoms with Crippen LogP contribution in [0.3, 0.4) is 0 Å². The number of ether oxygens (including phenoxy) is 1. The van der Waals surface area contributed by atoms with Crippen LogP contribution in [0.1, 0.15) is 28.5 Å². The summed E-state index contributed by atoms with van der Waals surface area (Å²) in [6, 6.07) is 6.04. The van der Waals surface area contributed by atoms with Gasteiger partial charge >= 0.3 is 0 Å². The van der Waals surface area contributed by atoms with E-state index in [1.165, 1.54) is 11.1 Å². The highest BCUT2D eigenvalue weighted by molar-refractivity contribution is 7.22. The highest BCUT2D eigenvalue weighted by Gasteiger charge is 2.24. The zero-order valence-corrected chi connectivity index (χ0v) is 18.0. The zero-order valence-electron chi connectivity index (χ0n) is 17.2. The van der Waals surface area contributed by atoms with E-state index in [0.717, 1.165) is 54.7 Å². The Morgan fingerprint density at radius 3 is 2.72 bits per heavy atom. The number of morpholine rings is 1. The third-order valence-electron chi connectivity index (χ3n) is 5.40. The summed E-state index contributed by atoms with van der Waals surface area (Å²) < 4.78 is 8.32. The molecule has 3 aromatic rings.